The summed E-state index contributed by atoms with van der Waals surface area (Å²) in [5, 5.41) is 12.3. The number of nitrogens with zero attached hydrogens (tertiary/aromatic N) is 1. The summed E-state index contributed by atoms with van der Waals surface area (Å²) in [6.07, 6.45) is 0.420. The van der Waals surface area contributed by atoms with Crippen LogP contribution in [0.4, 0.5) is 5.88 Å². The standard InChI is InChI=1S/C9H14N2O3/c1-5(2)8-6(3-4-7(12)13)9(10)14-11-8/h5H,3-4,10H2,1-2H3,(H,12,13). The molecule has 0 aromatic carbocycles. The smallest absolute Gasteiger partial charge is 0.303 e. The molecule has 0 amide bonds. The zero-order valence-electron chi connectivity index (χ0n) is 8.28. The van der Waals surface area contributed by atoms with E-state index in [4.69, 9.17) is 15.4 Å². The molecule has 0 fully saturated rings. The van der Waals surface area contributed by atoms with Crippen LogP contribution < -0.4 is 5.73 Å². The maximum absolute atomic E-state index is 10.4. The second-order valence-corrected chi connectivity index (χ2v) is 3.46. The normalized spacial score (nSPS) is 10.8. The van der Waals surface area contributed by atoms with Crippen LogP contribution >= 0.6 is 0 Å². The van der Waals surface area contributed by atoms with Crippen LogP contribution in [0.1, 0.15) is 37.4 Å². The van der Waals surface area contributed by atoms with Crippen LogP contribution in [0.5, 0.6) is 0 Å². The molecule has 1 aromatic rings. The molecule has 3 N–H and O–H groups in total. The molecule has 5 nitrogen and oxygen atoms in total. The topological polar surface area (TPSA) is 89.4 Å². The number of anilines is 1. The van der Waals surface area contributed by atoms with Crippen molar-refractivity contribution >= 4 is 11.9 Å². The Morgan fingerprint density at radius 2 is 2.29 bits per heavy atom. The van der Waals surface area contributed by atoms with Gasteiger partial charge in [0.1, 0.15) is 0 Å². The van der Waals surface area contributed by atoms with E-state index in [0.717, 1.165) is 11.3 Å². The van der Waals surface area contributed by atoms with E-state index in [-0.39, 0.29) is 18.2 Å². The van der Waals surface area contributed by atoms with Gasteiger partial charge >= 0.3 is 5.97 Å². The molecule has 1 heterocycles. The van der Waals surface area contributed by atoms with Gasteiger partial charge in [0.2, 0.25) is 5.88 Å². The van der Waals surface area contributed by atoms with Gasteiger partial charge in [0.25, 0.3) is 0 Å². The van der Waals surface area contributed by atoms with Gasteiger partial charge < -0.3 is 15.4 Å². The van der Waals surface area contributed by atoms with Crippen molar-refractivity contribution in [1.29, 1.82) is 0 Å². The van der Waals surface area contributed by atoms with Gasteiger partial charge in [-0.05, 0) is 12.3 Å². The van der Waals surface area contributed by atoms with Crippen LogP contribution in [0.2, 0.25) is 0 Å². The molecular formula is C9H14N2O3. The molecular weight excluding hydrogens is 184 g/mol. The number of rotatable bonds is 4. The Labute approximate surface area is 81.9 Å². The molecule has 14 heavy (non-hydrogen) atoms. The number of aromatic nitrogens is 1. The fourth-order valence-corrected chi connectivity index (χ4v) is 1.27. The quantitative estimate of drug-likeness (QED) is 0.763. The molecule has 0 radical (unpaired) electrons. The van der Waals surface area contributed by atoms with Gasteiger partial charge in [0, 0.05) is 12.0 Å². The van der Waals surface area contributed by atoms with Gasteiger partial charge in [-0.1, -0.05) is 19.0 Å². The first-order chi connectivity index (χ1) is 6.52. The van der Waals surface area contributed by atoms with E-state index in [1.54, 1.807) is 0 Å². The number of carboxylic acids is 1. The molecule has 0 unspecified atom stereocenters. The van der Waals surface area contributed by atoms with Crippen molar-refractivity contribution < 1.29 is 14.4 Å². The molecule has 0 saturated heterocycles. The Balaban J connectivity index is 2.82. The SMILES string of the molecule is CC(C)c1noc(N)c1CCC(=O)O. The Kier molecular flexibility index (Phi) is 3.11. The van der Waals surface area contributed by atoms with E-state index in [0.29, 0.717) is 6.42 Å². The Bertz CT molecular complexity index is 331. The fourth-order valence-electron chi connectivity index (χ4n) is 1.27. The lowest BCUT2D eigenvalue weighted by Crippen LogP contribution is -2.02. The third kappa shape index (κ3) is 2.25. The Hall–Kier alpha value is -1.52. The highest BCUT2D eigenvalue weighted by molar-refractivity contribution is 5.67. The predicted octanol–water partition coefficient (Wildman–Crippen LogP) is 1.40. The molecule has 5 heteroatoms. The molecule has 0 atom stereocenters. The lowest BCUT2D eigenvalue weighted by molar-refractivity contribution is -0.136. The van der Waals surface area contributed by atoms with E-state index in [9.17, 15) is 4.79 Å². The first-order valence-electron chi connectivity index (χ1n) is 4.48. The number of carboxylic acid groups (broad SMARTS) is 1. The summed E-state index contributed by atoms with van der Waals surface area (Å²) in [6.45, 7) is 3.92. The second kappa shape index (κ2) is 4.13. The van der Waals surface area contributed by atoms with Crippen LogP contribution in [0.25, 0.3) is 0 Å². The molecule has 0 aliphatic heterocycles. The molecule has 1 aromatic heterocycles. The summed E-state index contributed by atoms with van der Waals surface area (Å²) in [7, 11) is 0. The van der Waals surface area contributed by atoms with Gasteiger partial charge in [-0.2, -0.15) is 0 Å². The first-order valence-corrected chi connectivity index (χ1v) is 4.48. The monoisotopic (exact) mass is 198 g/mol. The summed E-state index contributed by atoms with van der Waals surface area (Å²) in [5.41, 5.74) is 7.02. The van der Waals surface area contributed by atoms with E-state index < -0.39 is 5.97 Å². The Morgan fingerprint density at radius 3 is 2.79 bits per heavy atom. The zero-order chi connectivity index (χ0) is 10.7. The highest BCUT2D eigenvalue weighted by Crippen LogP contribution is 2.24. The largest absolute Gasteiger partial charge is 0.481 e. The minimum atomic E-state index is -0.847. The van der Waals surface area contributed by atoms with E-state index in [2.05, 4.69) is 5.16 Å². The minimum Gasteiger partial charge on any atom is -0.481 e. The first kappa shape index (κ1) is 10.6. The molecule has 0 aliphatic carbocycles. The van der Waals surface area contributed by atoms with Crippen molar-refractivity contribution in [2.24, 2.45) is 0 Å². The maximum atomic E-state index is 10.4. The van der Waals surface area contributed by atoms with E-state index in [1.807, 2.05) is 13.8 Å². The zero-order valence-corrected chi connectivity index (χ0v) is 8.28. The summed E-state index contributed by atoms with van der Waals surface area (Å²) in [4.78, 5) is 10.4. The highest BCUT2D eigenvalue weighted by atomic mass is 16.5. The average molecular weight is 198 g/mol. The lowest BCUT2D eigenvalue weighted by atomic mass is 10.0. The van der Waals surface area contributed by atoms with Crippen LogP contribution in [-0.4, -0.2) is 16.2 Å². The lowest BCUT2D eigenvalue weighted by Gasteiger charge is -2.02. The van der Waals surface area contributed by atoms with Crippen molar-refractivity contribution in [3.63, 3.8) is 0 Å². The number of carbonyl (C=O) groups is 1. The number of nitrogen functional groups attached to an aromatic ring is 1. The fraction of sp³-hybridized carbons (Fsp3) is 0.556. The van der Waals surface area contributed by atoms with Crippen LogP contribution in [0, 0.1) is 0 Å². The third-order valence-electron chi connectivity index (χ3n) is 1.98. The van der Waals surface area contributed by atoms with Crippen molar-refractivity contribution in [2.45, 2.75) is 32.6 Å². The van der Waals surface area contributed by atoms with Crippen LogP contribution in [-0.2, 0) is 11.2 Å². The molecule has 0 aliphatic rings. The van der Waals surface area contributed by atoms with Gasteiger partial charge in [0.05, 0.1) is 5.69 Å². The maximum Gasteiger partial charge on any atom is 0.303 e. The second-order valence-electron chi connectivity index (χ2n) is 3.46. The minimum absolute atomic E-state index is 0.0468. The molecule has 78 valence electrons. The van der Waals surface area contributed by atoms with Crippen molar-refractivity contribution in [3.8, 4) is 0 Å². The summed E-state index contributed by atoms with van der Waals surface area (Å²) < 4.78 is 4.82. The molecule has 0 saturated carbocycles. The van der Waals surface area contributed by atoms with Gasteiger partial charge in [-0.15, -0.1) is 0 Å². The number of aliphatic carboxylic acids is 1. The molecule has 1 rings (SSSR count). The Morgan fingerprint density at radius 1 is 1.64 bits per heavy atom. The van der Waals surface area contributed by atoms with Crippen LogP contribution in [0.3, 0.4) is 0 Å². The summed E-state index contributed by atoms with van der Waals surface area (Å²) >= 11 is 0. The third-order valence-corrected chi connectivity index (χ3v) is 1.98. The molecule has 0 bridgehead atoms. The van der Waals surface area contributed by atoms with Crippen molar-refractivity contribution in [3.05, 3.63) is 11.3 Å². The average Bonchev–Trinajstić information content (AvgIpc) is 2.43. The number of hydrogen-bond donors (Lipinski definition) is 2. The predicted molar refractivity (Wildman–Crippen MR) is 51.0 cm³/mol. The van der Waals surface area contributed by atoms with Crippen molar-refractivity contribution in [2.75, 3.05) is 5.73 Å². The highest BCUT2D eigenvalue weighted by Gasteiger charge is 2.16. The van der Waals surface area contributed by atoms with E-state index >= 15 is 0 Å². The van der Waals surface area contributed by atoms with Crippen LogP contribution in [0.15, 0.2) is 4.52 Å². The summed E-state index contributed by atoms with van der Waals surface area (Å²) in [5.74, 6) is -0.421. The summed E-state index contributed by atoms with van der Waals surface area (Å²) in [6, 6.07) is 0. The van der Waals surface area contributed by atoms with E-state index in [1.165, 1.54) is 0 Å². The van der Waals surface area contributed by atoms with Gasteiger partial charge in [0.15, 0.2) is 0 Å². The van der Waals surface area contributed by atoms with Gasteiger partial charge in [-0.3, -0.25) is 4.79 Å². The number of nitrogens with two attached hydrogens (primary N) is 1. The van der Waals surface area contributed by atoms with Gasteiger partial charge in [-0.25, -0.2) is 0 Å². The van der Waals surface area contributed by atoms with Crippen molar-refractivity contribution in [1.82, 2.24) is 5.16 Å². The molecule has 0 spiro atoms. The number of hydrogen-bond acceptors (Lipinski definition) is 4.